The minimum Gasteiger partial charge on any atom is -0.295 e. The average Bonchev–Trinajstić information content (AvgIpc) is 3.16. The second-order valence-corrected chi connectivity index (χ2v) is 9.00. The smallest absolute Gasteiger partial charge is 0.284 e. The van der Waals surface area contributed by atoms with E-state index in [1.807, 2.05) is 51.1 Å². The van der Waals surface area contributed by atoms with Crippen molar-refractivity contribution in [3.63, 3.8) is 0 Å². The Labute approximate surface area is 164 Å². The fourth-order valence-corrected chi connectivity index (χ4v) is 3.47. The Kier molecular flexibility index (Phi) is 5.35. The summed E-state index contributed by atoms with van der Waals surface area (Å²) in [7, 11) is -3.90. The Hall–Kier alpha value is -2.97. The average molecular weight is 398 g/mol. The third kappa shape index (κ3) is 4.29. The van der Waals surface area contributed by atoms with Crippen LogP contribution in [0, 0.1) is 0 Å². The second kappa shape index (κ2) is 7.57. The van der Waals surface area contributed by atoms with E-state index in [4.69, 9.17) is 0 Å². The third-order valence-electron chi connectivity index (χ3n) is 4.24. The van der Waals surface area contributed by atoms with Gasteiger partial charge in [-0.1, -0.05) is 51.1 Å². The van der Waals surface area contributed by atoms with Crippen LogP contribution in [-0.4, -0.2) is 23.9 Å². The molecule has 1 heterocycles. The number of carbonyl (C=O) groups is 1. The molecule has 0 atom stereocenters. The lowest BCUT2D eigenvalue weighted by Gasteiger charge is -2.19. The molecule has 28 heavy (non-hydrogen) atoms. The summed E-state index contributed by atoms with van der Waals surface area (Å²) < 4.78 is 26.5. The lowest BCUT2D eigenvalue weighted by atomic mass is 9.87. The number of imidazole rings is 1. The minimum atomic E-state index is -3.90. The van der Waals surface area contributed by atoms with Gasteiger partial charge in [0.1, 0.15) is 5.69 Å². The standard InChI is InChI=1S/C20H22N4O3S/c1-20(2,3)15-9-11-17(12-10-15)28(26,27)23-22-19(25)18-13-21-14-24(18)16-7-5-4-6-8-16/h4-14,23H,1-3H3,(H,22,25). The zero-order valence-corrected chi connectivity index (χ0v) is 16.7. The van der Waals surface area contributed by atoms with E-state index in [0.29, 0.717) is 0 Å². The van der Waals surface area contributed by atoms with Crippen LogP contribution in [0.1, 0.15) is 36.8 Å². The largest absolute Gasteiger partial charge is 0.295 e. The van der Waals surface area contributed by atoms with Gasteiger partial charge in [-0.25, -0.2) is 13.4 Å². The SMILES string of the molecule is CC(C)(C)c1ccc(S(=O)(=O)NNC(=O)c2cncn2-c2ccccc2)cc1. The molecule has 8 heteroatoms. The Morgan fingerprint density at radius 2 is 1.64 bits per heavy atom. The maximum absolute atomic E-state index is 12.5. The van der Waals surface area contributed by atoms with Crippen molar-refractivity contribution in [2.45, 2.75) is 31.1 Å². The fourth-order valence-electron chi connectivity index (χ4n) is 2.63. The Bertz CT molecular complexity index is 1070. The van der Waals surface area contributed by atoms with Crippen molar-refractivity contribution in [3.05, 3.63) is 78.4 Å². The van der Waals surface area contributed by atoms with E-state index in [0.717, 1.165) is 11.3 Å². The predicted octanol–water partition coefficient (Wildman–Crippen LogP) is 2.79. The van der Waals surface area contributed by atoms with Gasteiger partial charge in [-0.3, -0.25) is 14.8 Å². The number of hydrogen-bond donors (Lipinski definition) is 2. The molecule has 2 N–H and O–H groups in total. The van der Waals surface area contributed by atoms with E-state index in [1.54, 1.807) is 16.7 Å². The lowest BCUT2D eigenvalue weighted by molar-refractivity contribution is 0.0938. The molecule has 0 aliphatic rings. The first kappa shape index (κ1) is 19.8. The molecular formula is C20H22N4O3S. The molecule has 7 nitrogen and oxygen atoms in total. The molecule has 0 fully saturated rings. The normalized spacial score (nSPS) is 12.0. The van der Waals surface area contributed by atoms with Crippen LogP contribution in [0.25, 0.3) is 5.69 Å². The molecular weight excluding hydrogens is 376 g/mol. The van der Waals surface area contributed by atoms with Crippen molar-refractivity contribution in [2.24, 2.45) is 0 Å². The van der Waals surface area contributed by atoms with Crippen molar-refractivity contribution < 1.29 is 13.2 Å². The first-order valence-electron chi connectivity index (χ1n) is 8.69. The van der Waals surface area contributed by atoms with Gasteiger partial charge in [0.2, 0.25) is 0 Å². The van der Waals surface area contributed by atoms with E-state index in [1.165, 1.54) is 24.7 Å². The molecule has 1 amide bonds. The fraction of sp³-hybridized carbons (Fsp3) is 0.200. The first-order chi connectivity index (χ1) is 13.2. The molecule has 0 spiro atoms. The number of hydrazine groups is 1. The van der Waals surface area contributed by atoms with Crippen LogP contribution in [-0.2, 0) is 15.4 Å². The molecule has 0 radical (unpaired) electrons. The van der Waals surface area contributed by atoms with Crippen molar-refractivity contribution in [3.8, 4) is 5.69 Å². The van der Waals surface area contributed by atoms with Gasteiger partial charge in [0, 0.05) is 5.69 Å². The highest BCUT2D eigenvalue weighted by atomic mass is 32.2. The number of carbonyl (C=O) groups excluding carboxylic acids is 1. The van der Waals surface area contributed by atoms with Crippen LogP contribution < -0.4 is 10.3 Å². The Morgan fingerprint density at radius 1 is 1.00 bits per heavy atom. The molecule has 3 aromatic rings. The van der Waals surface area contributed by atoms with Gasteiger partial charge in [0.25, 0.3) is 15.9 Å². The molecule has 0 unspecified atom stereocenters. The van der Waals surface area contributed by atoms with Crippen LogP contribution in [0.15, 0.2) is 72.0 Å². The molecule has 0 saturated heterocycles. The Balaban J connectivity index is 1.74. The van der Waals surface area contributed by atoms with E-state index >= 15 is 0 Å². The maximum atomic E-state index is 12.5. The zero-order valence-electron chi connectivity index (χ0n) is 15.9. The van der Waals surface area contributed by atoms with Gasteiger partial charge in [-0.05, 0) is 35.2 Å². The van der Waals surface area contributed by atoms with E-state index in [9.17, 15) is 13.2 Å². The first-order valence-corrected chi connectivity index (χ1v) is 10.2. The summed E-state index contributed by atoms with van der Waals surface area (Å²) in [4.78, 5) is 18.6. The number of hydrogen-bond acceptors (Lipinski definition) is 4. The number of sulfonamides is 1. The zero-order chi connectivity index (χ0) is 20.4. The van der Waals surface area contributed by atoms with Crippen LogP contribution in [0.4, 0.5) is 0 Å². The molecule has 0 saturated carbocycles. The third-order valence-corrected chi connectivity index (χ3v) is 5.50. The van der Waals surface area contributed by atoms with Gasteiger partial charge in [-0.15, -0.1) is 4.83 Å². The highest BCUT2D eigenvalue weighted by molar-refractivity contribution is 7.89. The predicted molar refractivity (Wildman–Crippen MR) is 106 cm³/mol. The van der Waals surface area contributed by atoms with E-state index < -0.39 is 15.9 Å². The lowest BCUT2D eigenvalue weighted by Crippen LogP contribution is -2.42. The number of para-hydroxylation sites is 1. The van der Waals surface area contributed by atoms with E-state index in [-0.39, 0.29) is 16.0 Å². The van der Waals surface area contributed by atoms with Crippen molar-refractivity contribution in [2.75, 3.05) is 0 Å². The van der Waals surface area contributed by atoms with Crippen LogP contribution in [0.2, 0.25) is 0 Å². The van der Waals surface area contributed by atoms with Gasteiger partial charge >= 0.3 is 0 Å². The number of nitrogens with zero attached hydrogens (tertiary/aromatic N) is 2. The minimum absolute atomic E-state index is 0.0670. The Morgan fingerprint density at radius 3 is 2.25 bits per heavy atom. The second-order valence-electron chi connectivity index (χ2n) is 7.32. The monoisotopic (exact) mass is 398 g/mol. The highest BCUT2D eigenvalue weighted by Crippen LogP contribution is 2.23. The summed E-state index contributed by atoms with van der Waals surface area (Å²) in [6.45, 7) is 6.14. The van der Waals surface area contributed by atoms with Crippen molar-refractivity contribution in [1.29, 1.82) is 0 Å². The number of aromatic nitrogens is 2. The van der Waals surface area contributed by atoms with Crippen LogP contribution in [0.5, 0.6) is 0 Å². The molecule has 2 aromatic carbocycles. The van der Waals surface area contributed by atoms with Crippen molar-refractivity contribution in [1.82, 2.24) is 19.8 Å². The summed E-state index contributed by atoms with van der Waals surface area (Å²) >= 11 is 0. The number of benzene rings is 2. The van der Waals surface area contributed by atoms with Crippen molar-refractivity contribution >= 4 is 15.9 Å². The van der Waals surface area contributed by atoms with Crippen LogP contribution >= 0.6 is 0 Å². The van der Waals surface area contributed by atoms with Gasteiger partial charge < -0.3 is 0 Å². The maximum Gasteiger partial charge on any atom is 0.284 e. The summed E-state index contributed by atoms with van der Waals surface area (Å²) in [6.07, 6.45) is 2.86. The molecule has 146 valence electrons. The van der Waals surface area contributed by atoms with Gasteiger partial charge in [-0.2, -0.15) is 0 Å². The molecule has 0 aliphatic carbocycles. The van der Waals surface area contributed by atoms with Crippen LogP contribution in [0.3, 0.4) is 0 Å². The molecule has 1 aromatic heterocycles. The highest BCUT2D eigenvalue weighted by Gasteiger charge is 2.20. The summed E-state index contributed by atoms with van der Waals surface area (Å²) in [5.74, 6) is -0.615. The molecule has 0 aliphatic heterocycles. The van der Waals surface area contributed by atoms with Gasteiger partial charge in [0.15, 0.2) is 0 Å². The summed E-state index contributed by atoms with van der Waals surface area (Å²) in [6, 6.07) is 15.7. The quantitative estimate of drug-likeness (QED) is 0.647. The number of nitrogens with one attached hydrogen (secondary N) is 2. The number of amides is 1. The molecule has 0 bridgehead atoms. The topological polar surface area (TPSA) is 93.1 Å². The number of rotatable bonds is 5. The van der Waals surface area contributed by atoms with Gasteiger partial charge in [0.05, 0.1) is 17.4 Å². The summed E-state index contributed by atoms with van der Waals surface area (Å²) in [5, 5.41) is 0. The summed E-state index contributed by atoms with van der Waals surface area (Å²) in [5.41, 5.74) is 4.12. The molecule has 3 rings (SSSR count). The van der Waals surface area contributed by atoms with E-state index in [2.05, 4.69) is 15.2 Å².